The molecule has 1 aromatic rings. The molecule has 1 heteroatoms. The Hall–Kier alpha value is -1.37. The van der Waals surface area contributed by atoms with Crippen molar-refractivity contribution >= 4 is 6.79 Å². The second-order valence-corrected chi connectivity index (χ2v) is 2.48. The summed E-state index contributed by atoms with van der Waals surface area (Å²) in [6.45, 7) is 12.4. The molecular weight excluding hydrogens is 172 g/mol. The van der Waals surface area contributed by atoms with Gasteiger partial charge in [0.2, 0.25) is 0 Å². The maximum atomic E-state index is 8.00. The summed E-state index contributed by atoms with van der Waals surface area (Å²) in [4.78, 5) is 8.00. The minimum atomic E-state index is 1.16. The molecule has 1 nitrogen and oxygen atoms in total. The van der Waals surface area contributed by atoms with Gasteiger partial charge >= 0.3 is 0 Å². The number of hydrogen-bond acceptors (Lipinski definition) is 1. The lowest BCUT2D eigenvalue weighted by molar-refractivity contribution is -0.0979. The topological polar surface area (TPSA) is 17.1 Å². The molecule has 0 aliphatic heterocycles. The van der Waals surface area contributed by atoms with E-state index in [0.717, 1.165) is 12.8 Å². The Morgan fingerprint density at radius 3 is 1.43 bits per heavy atom. The normalized spacial score (nSPS) is 7.57. The lowest BCUT2D eigenvalue weighted by Crippen LogP contribution is -1.88. The monoisotopic (exact) mass is 192 g/mol. The highest BCUT2D eigenvalue weighted by Gasteiger charge is 1.93. The smallest absolute Gasteiger partial charge is 0.106 e. The first-order valence-electron chi connectivity index (χ1n) is 4.74. The van der Waals surface area contributed by atoms with Crippen LogP contribution in [0.5, 0.6) is 0 Å². The molecule has 0 aliphatic carbocycles. The Kier molecular flexibility index (Phi) is 12.6. The van der Waals surface area contributed by atoms with Gasteiger partial charge in [-0.1, -0.05) is 38.1 Å². The van der Waals surface area contributed by atoms with Crippen LogP contribution < -0.4 is 0 Å². The molecule has 0 saturated heterocycles. The molecule has 1 rings (SSSR count). The molecule has 0 radical (unpaired) electrons. The minimum absolute atomic E-state index is 1.16. The van der Waals surface area contributed by atoms with Gasteiger partial charge in [-0.25, -0.2) is 0 Å². The van der Waals surface area contributed by atoms with E-state index in [2.05, 4.69) is 51.3 Å². The Bertz CT molecular complexity index is 205. The van der Waals surface area contributed by atoms with Gasteiger partial charge in [-0.3, -0.25) is 0 Å². The van der Waals surface area contributed by atoms with Crippen LogP contribution in [0.25, 0.3) is 0 Å². The highest BCUT2D eigenvalue weighted by molar-refractivity contribution is 5.26. The molecule has 0 aliphatic rings. The van der Waals surface area contributed by atoms with Crippen LogP contribution in [-0.2, 0) is 17.6 Å². The molecule has 0 N–H and O–H groups in total. The molecule has 0 saturated carbocycles. The summed E-state index contributed by atoms with van der Waals surface area (Å²) >= 11 is 0. The van der Waals surface area contributed by atoms with Crippen LogP contribution in [0.2, 0.25) is 0 Å². The third-order valence-electron chi connectivity index (χ3n) is 1.88. The molecule has 0 spiro atoms. The van der Waals surface area contributed by atoms with Gasteiger partial charge in [0.25, 0.3) is 0 Å². The number of carbonyl (C=O) groups is 1. The van der Waals surface area contributed by atoms with E-state index in [1.165, 1.54) is 11.1 Å². The minimum Gasteiger partial charge on any atom is -0.307 e. The van der Waals surface area contributed by atoms with E-state index in [0.29, 0.717) is 0 Å². The predicted octanol–water partition coefficient (Wildman–Crippen LogP) is 3.43. The first-order chi connectivity index (χ1) is 6.88. The Balaban J connectivity index is 0. The van der Waals surface area contributed by atoms with E-state index < -0.39 is 0 Å². The zero-order valence-electron chi connectivity index (χ0n) is 9.25. The fourth-order valence-corrected chi connectivity index (χ4v) is 1.25. The maximum absolute atomic E-state index is 8.00. The average Bonchev–Trinajstić information content (AvgIpc) is 2.34. The molecule has 0 unspecified atom stereocenters. The number of aryl methyl sites for hydroxylation is 2. The number of carbonyl (C=O) groups excluding carboxylic acids is 1. The highest BCUT2D eigenvalue weighted by Crippen LogP contribution is 2.08. The molecule has 0 atom stereocenters. The molecule has 0 bridgehead atoms. The first-order valence-corrected chi connectivity index (χ1v) is 4.74. The van der Waals surface area contributed by atoms with Crippen LogP contribution in [0.1, 0.15) is 25.0 Å². The Labute approximate surface area is 87.5 Å². The van der Waals surface area contributed by atoms with Gasteiger partial charge in [-0.2, -0.15) is 0 Å². The molecule has 14 heavy (non-hydrogen) atoms. The van der Waals surface area contributed by atoms with Gasteiger partial charge in [0.1, 0.15) is 6.79 Å². The first kappa shape index (κ1) is 15.1. The molecule has 1 aromatic carbocycles. The van der Waals surface area contributed by atoms with Gasteiger partial charge in [0, 0.05) is 0 Å². The van der Waals surface area contributed by atoms with Crippen molar-refractivity contribution in [2.75, 3.05) is 0 Å². The standard InChI is InChI=1S/C10H14.C2H4.CH2O/c1-3-9-7-5-6-8-10(9)4-2;2*1-2/h5-8H,3-4H2,1-2H3;1-2H2;1H2. The zero-order chi connectivity index (χ0) is 11.4. The van der Waals surface area contributed by atoms with E-state index in [1.54, 1.807) is 0 Å². The van der Waals surface area contributed by atoms with Crippen molar-refractivity contribution in [1.82, 2.24) is 0 Å². The SMILES string of the molecule is C=C.C=O.CCc1ccccc1CC. The van der Waals surface area contributed by atoms with E-state index in [-0.39, 0.29) is 0 Å². The fraction of sp³-hybridized carbons (Fsp3) is 0.308. The van der Waals surface area contributed by atoms with Crippen molar-refractivity contribution in [3.05, 3.63) is 48.6 Å². The lowest BCUT2D eigenvalue weighted by atomic mass is 10.0. The van der Waals surface area contributed by atoms with Crippen molar-refractivity contribution in [2.45, 2.75) is 26.7 Å². The second kappa shape index (κ2) is 11.6. The largest absolute Gasteiger partial charge is 0.307 e. The quantitative estimate of drug-likeness (QED) is 0.656. The van der Waals surface area contributed by atoms with Gasteiger partial charge < -0.3 is 4.79 Å². The second-order valence-electron chi connectivity index (χ2n) is 2.48. The van der Waals surface area contributed by atoms with Crippen molar-refractivity contribution in [3.8, 4) is 0 Å². The molecule has 0 aromatic heterocycles. The van der Waals surface area contributed by atoms with Crippen LogP contribution in [0.3, 0.4) is 0 Å². The number of hydrogen-bond donors (Lipinski definition) is 0. The van der Waals surface area contributed by atoms with Crippen molar-refractivity contribution in [1.29, 1.82) is 0 Å². The number of rotatable bonds is 2. The fourth-order valence-electron chi connectivity index (χ4n) is 1.25. The molecular formula is C13H20O. The van der Waals surface area contributed by atoms with Crippen LogP contribution >= 0.6 is 0 Å². The van der Waals surface area contributed by atoms with E-state index in [4.69, 9.17) is 4.79 Å². The summed E-state index contributed by atoms with van der Waals surface area (Å²) in [5.41, 5.74) is 2.98. The molecule has 0 heterocycles. The van der Waals surface area contributed by atoms with Crippen LogP contribution in [-0.4, -0.2) is 6.79 Å². The van der Waals surface area contributed by atoms with Crippen molar-refractivity contribution in [2.24, 2.45) is 0 Å². The summed E-state index contributed by atoms with van der Waals surface area (Å²) in [5.74, 6) is 0. The summed E-state index contributed by atoms with van der Waals surface area (Å²) in [5, 5.41) is 0. The summed E-state index contributed by atoms with van der Waals surface area (Å²) in [6, 6.07) is 8.63. The highest BCUT2D eigenvalue weighted by atomic mass is 16.1. The van der Waals surface area contributed by atoms with E-state index in [1.807, 2.05) is 6.79 Å². The maximum Gasteiger partial charge on any atom is 0.106 e. The molecule has 78 valence electrons. The third-order valence-corrected chi connectivity index (χ3v) is 1.88. The van der Waals surface area contributed by atoms with E-state index in [9.17, 15) is 0 Å². The van der Waals surface area contributed by atoms with Gasteiger partial charge in [-0.05, 0) is 24.0 Å². The van der Waals surface area contributed by atoms with Crippen LogP contribution in [0.15, 0.2) is 37.4 Å². The lowest BCUT2D eigenvalue weighted by Gasteiger charge is -2.02. The van der Waals surface area contributed by atoms with Crippen molar-refractivity contribution < 1.29 is 4.79 Å². The van der Waals surface area contributed by atoms with E-state index >= 15 is 0 Å². The van der Waals surface area contributed by atoms with Crippen LogP contribution in [0, 0.1) is 0 Å². The predicted molar refractivity (Wildman–Crippen MR) is 63.6 cm³/mol. The third kappa shape index (κ3) is 5.31. The van der Waals surface area contributed by atoms with Crippen LogP contribution in [0.4, 0.5) is 0 Å². The molecule has 0 amide bonds. The summed E-state index contributed by atoms with van der Waals surface area (Å²) < 4.78 is 0. The Morgan fingerprint density at radius 2 is 1.21 bits per heavy atom. The van der Waals surface area contributed by atoms with Crippen molar-refractivity contribution in [3.63, 3.8) is 0 Å². The number of benzene rings is 1. The summed E-state index contributed by atoms with van der Waals surface area (Å²) in [7, 11) is 0. The van der Waals surface area contributed by atoms with Gasteiger partial charge in [0.05, 0.1) is 0 Å². The van der Waals surface area contributed by atoms with Gasteiger partial charge in [0.15, 0.2) is 0 Å². The Morgan fingerprint density at radius 1 is 0.929 bits per heavy atom. The summed E-state index contributed by atoms with van der Waals surface area (Å²) in [6.07, 6.45) is 2.31. The van der Waals surface area contributed by atoms with Gasteiger partial charge in [-0.15, -0.1) is 13.2 Å². The zero-order valence-corrected chi connectivity index (χ0v) is 9.25. The average molecular weight is 192 g/mol. The molecule has 0 fully saturated rings.